The number of piperidine rings is 1. The minimum atomic E-state index is -1.05. The zero-order valence-electron chi connectivity index (χ0n) is 23.0. The molecule has 3 rings (SSSR count). The van der Waals surface area contributed by atoms with Crippen molar-refractivity contribution in [3.05, 3.63) is 34.9 Å². The molecule has 4 N–H and O–H groups in total. The van der Waals surface area contributed by atoms with E-state index in [-0.39, 0.29) is 18.0 Å². The number of hydrogen-bond donors (Lipinski definition) is 4. The summed E-state index contributed by atoms with van der Waals surface area (Å²) >= 11 is 6.31. The maximum Gasteiger partial charge on any atom is 0.317 e. The smallest absolute Gasteiger partial charge is 0.317 e. The number of urea groups is 1. The van der Waals surface area contributed by atoms with Crippen LogP contribution in [-0.2, 0) is 10.3 Å². The molecule has 1 heterocycles. The number of nitrogens with zero attached hydrogens (tertiary/aromatic N) is 1. The van der Waals surface area contributed by atoms with Crippen LogP contribution in [0.2, 0.25) is 5.02 Å². The monoisotopic (exact) mass is 537 g/mol. The molecule has 1 aliphatic carbocycles. The highest BCUT2D eigenvalue weighted by molar-refractivity contribution is 6.30. The summed E-state index contributed by atoms with van der Waals surface area (Å²) in [4.78, 5) is 15.3. The highest BCUT2D eigenvalue weighted by atomic mass is 35.5. The number of rotatable bonds is 12. The molecule has 1 aromatic carbocycles. The zero-order valence-corrected chi connectivity index (χ0v) is 23.7. The maximum atomic E-state index is 13.4. The fourth-order valence-corrected chi connectivity index (χ4v) is 6.37. The summed E-state index contributed by atoms with van der Waals surface area (Å²) < 4.78 is 5.22. The normalized spacial score (nSPS) is 26.9. The molecule has 3 atom stereocenters. The second kappa shape index (κ2) is 14.1. The summed E-state index contributed by atoms with van der Waals surface area (Å²) in [5, 5.41) is 29.5. The molecule has 0 bridgehead atoms. The van der Waals surface area contributed by atoms with Crippen molar-refractivity contribution in [3.63, 3.8) is 0 Å². The summed E-state index contributed by atoms with van der Waals surface area (Å²) in [7, 11) is 3.61. The highest BCUT2D eigenvalue weighted by Crippen LogP contribution is 2.40. The lowest BCUT2D eigenvalue weighted by Gasteiger charge is -2.43. The minimum Gasteiger partial charge on any atom is -0.390 e. The summed E-state index contributed by atoms with van der Waals surface area (Å²) in [6.45, 7) is 4.50. The average Bonchev–Trinajstić information content (AvgIpc) is 2.88. The Hall–Kier alpha value is -1.38. The van der Waals surface area contributed by atoms with E-state index in [0.717, 1.165) is 63.4 Å². The number of ether oxygens (including phenoxy) is 1. The lowest BCUT2D eigenvalue weighted by Crippen LogP contribution is -2.54. The second-order valence-corrected chi connectivity index (χ2v) is 12.0. The SMILES string of the molecule is CNC[C@H](CC1CCC(C)(O)CC1)NC(=O)N1CCC[C@@H]([C@@](O)(CCCCOC)c2cccc(Cl)c2)C1. The quantitative estimate of drug-likeness (QED) is 0.290. The van der Waals surface area contributed by atoms with Crippen LogP contribution < -0.4 is 10.6 Å². The number of hydrogen-bond acceptors (Lipinski definition) is 5. The van der Waals surface area contributed by atoms with E-state index in [1.165, 1.54) is 0 Å². The largest absolute Gasteiger partial charge is 0.390 e. The van der Waals surface area contributed by atoms with Crippen LogP contribution in [0.15, 0.2) is 24.3 Å². The molecule has 0 unspecified atom stereocenters. The second-order valence-electron chi connectivity index (χ2n) is 11.5. The van der Waals surface area contributed by atoms with E-state index in [4.69, 9.17) is 16.3 Å². The number of unbranched alkanes of at least 4 members (excludes halogenated alkanes) is 1. The predicted molar refractivity (Wildman–Crippen MR) is 149 cm³/mol. The Morgan fingerprint density at radius 1 is 1.30 bits per heavy atom. The fraction of sp³-hybridized carbons (Fsp3) is 0.759. The van der Waals surface area contributed by atoms with E-state index in [9.17, 15) is 15.0 Å². The first-order valence-corrected chi connectivity index (χ1v) is 14.4. The van der Waals surface area contributed by atoms with Gasteiger partial charge in [0.25, 0.3) is 0 Å². The number of likely N-dealkylation sites (tertiary alicyclic amines) is 1. The van der Waals surface area contributed by atoms with Crippen molar-refractivity contribution in [1.29, 1.82) is 0 Å². The molecule has 8 heteroatoms. The lowest BCUT2D eigenvalue weighted by atomic mass is 9.74. The Labute approximate surface area is 228 Å². The van der Waals surface area contributed by atoms with Gasteiger partial charge in [-0.3, -0.25) is 0 Å². The third-order valence-corrected chi connectivity index (χ3v) is 8.68. The van der Waals surface area contributed by atoms with Crippen molar-refractivity contribution >= 4 is 17.6 Å². The molecule has 2 fully saturated rings. The van der Waals surface area contributed by atoms with E-state index in [2.05, 4.69) is 10.6 Å². The van der Waals surface area contributed by atoms with Gasteiger partial charge in [-0.2, -0.15) is 0 Å². The van der Waals surface area contributed by atoms with Gasteiger partial charge in [-0.15, -0.1) is 0 Å². The van der Waals surface area contributed by atoms with Crippen LogP contribution in [0.4, 0.5) is 4.79 Å². The predicted octanol–water partition coefficient (Wildman–Crippen LogP) is 4.69. The number of carbonyl (C=O) groups excluding carboxylic acids is 1. The third kappa shape index (κ3) is 8.82. The minimum absolute atomic E-state index is 0.0341. The van der Waals surface area contributed by atoms with Crippen LogP contribution in [0, 0.1) is 11.8 Å². The molecule has 0 aromatic heterocycles. The summed E-state index contributed by atoms with van der Waals surface area (Å²) in [5.74, 6) is 0.435. The maximum absolute atomic E-state index is 13.4. The van der Waals surface area contributed by atoms with Gasteiger partial charge in [0.2, 0.25) is 0 Å². The van der Waals surface area contributed by atoms with Gasteiger partial charge in [-0.25, -0.2) is 4.79 Å². The molecule has 1 saturated carbocycles. The van der Waals surface area contributed by atoms with E-state index >= 15 is 0 Å². The van der Waals surface area contributed by atoms with E-state index in [1.807, 2.05) is 43.1 Å². The Morgan fingerprint density at radius 2 is 2.05 bits per heavy atom. The number of halogens is 1. The topological polar surface area (TPSA) is 94.1 Å². The number of aliphatic hydroxyl groups is 2. The number of carbonyl (C=O) groups is 1. The number of likely N-dealkylation sites (N-methyl/N-ethyl adjacent to an activating group) is 1. The Morgan fingerprint density at radius 3 is 2.73 bits per heavy atom. The first-order valence-electron chi connectivity index (χ1n) is 14.1. The molecule has 210 valence electrons. The van der Waals surface area contributed by atoms with Crippen LogP contribution in [0.3, 0.4) is 0 Å². The molecule has 1 aromatic rings. The number of benzene rings is 1. The van der Waals surface area contributed by atoms with E-state index in [0.29, 0.717) is 43.6 Å². The van der Waals surface area contributed by atoms with Crippen molar-refractivity contribution in [1.82, 2.24) is 15.5 Å². The summed E-state index contributed by atoms with van der Waals surface area (Å²) in [6.07, 6.45) is 8.55. The van der Waals surface area contributed by atoms with Gasteiger partial charge in [0, 0.05) is 50.3 Å². The molecular formula is C29H48ClN3O4. The first kappa shape index (κ1) is 30.2. The Kier molecular flexibility index (Phi) is 11.5. The highest BCUT2D eigenvalue weighted by Gasteiger charge is 2.41. The van der Waals surface area contributed by atoms with Crippen molar-refractivity contribution < 1.29 is 19.7 Å². The molecule has 2 aliphatic rings. The van der Waals surface area contributed by atoms with Gasteiger partial charge in [0.05, 0.1) is 11.2 Å². The van der Waals surface area contributed by atoms with Gasteiger partial charge in [-0.1, -0.05) is 23.7 Å². The van der Waals surface area contributed by atoms with Gasteiger partial charge in [0.15, 0.2) is 0 Å². The van der Waals surface area contributed by atoms with E-state index < -0.39 is 11.2 Å². The van der Waals surface area contributed by atoms with Crippen molar-refractivity contribution in [2.45, 2.75) is 88.4 Å². The van der Waals surface area contributed by atoms with Crippen LogP contribution in [-0.4, -0.2) is 73.2 Å². The zero-order chi connectivity index (χ0) is 26.9. The molecule has 7 nitrogen and oxygen atoms in total. The van der Waals surface area contributed by atoms with Crippen molar-refractivity contribution in [2.75, 3.05) is 40.4 Å². The lowest BCUT2D eigenvalue weighted by molar-refractivity contribution is -0.0564. The average molecular weight is 538 g/mol. The summed E-state index contributed by atoms with van der Waals surface area (Å²) in [5.41, 5.74) is -0.781. The standard InChI is InChI=1S/C29H48ClN3O4/c1-28(35)14-11-22(12-15-28)18-26(20-31-2)32-27(34)33-16-7-9-24(21-33)29(36,13-4-5-17-37-3)23-8-6-10-25(30)19-23/h6,8,10,19,22,24,26,31,35-36H,4-5,7,9,11-18,20-21H2,1-3H3,(H,32,34)/t22?,24-,26+,28?,29-/m1/s1. The molecule has 1 aliphatic heterocycles. The molecule has 0 spiro atoms. The molecule has 2 amide bonds. The van der Waals surface area contributed by atoms with Gasteiger partial charge < -0.3 is 30.5 Å². The first-order chi connectivity index (χ1) is 17.7. The molecule has 37 heavy (non-hydrogen) atoms. The summed E-state index contributed by atoms with van der Waals surface area (Å²) in [6, 6.07) is 7.50. The van der Waals surface area contributed by atoms with Crippen LogP contribution in [0.5, 0.6) is 0 Å². The van der Waals surface area contributed by atoms with Crippen LogP contribution in [0.25, 0.3) is 0 Å². The van der Waals surface area contributed by atoms with Gasteiger partial charge in [0.1, 0.15) is 0 Å². The van der Waals surface area contributed by atoms with Crippen molar-refractivity contribution in [3.8, 4) is 0 Å². The Bertz CT molecular complexity index is 844. The van der Waals surface area contributed by atoms with Crippen LogP contribution in [0.1, 0.15) is 76.7 Å². The van der Waals surface area contributed by atoms with Gasteiger partial charge in [-0.05, 0) is 102 Å². The third-order valence-electron chi connectivity index (χ3n) is 8.44. The molecule has 0 radical (unpaired) electrons. The van der Waals surface area contributed by atoms with Crippen LogP contribution >= 0.6 is 11.6 Å². The fourth-order valence-electron chi connectivity index (χ4n) is 6.18. The van der Waals surface area contributed by atoms with Gasteiger partial charge >= 0.3 is 6.03 Å². The molecule has 1 saturated heterocycles. The van der Waals surface area contributed by atoms with Crippen molar-refractivity contribution in [2.24, 2.45) is 11.8 Å². The molecular weight excluding hydrogens is 490 g/mol. The Balaban J connectivity index is 1.66. The number of methoxy groups -OCH3 is 1. The number of amides is 2. The van der Waals surface area contributed by atoms with E-state index in [1.54, 1.807) is 7.11 Å². The number of nitrogens with one attached hydrogen (secondary N) is 2.